The number of hydrogen-bond acceptors (Lipinski definition) is 4. The van der Waals surface area contributed by atoms with Gasteiger partial charge in [-0.2, -0.15) is 5.48 Å². The molecule has 0 aromatic rings. The Labute approximate surface area is 85.5 Å². The molecular formula is C10H20N2O2. The summed E-state index contributed by atoms with van der Waals surface area (Å²) in [5, 5.41) is 0. The van der Waals surface area contributed by atoms with Gasteiger partial charge in [-0.15, -0.1) is 0 Å². The van der Waals surface area contributed by atoms with E-state index in [0.717, 1.165) is 32.5 Å². The van der Waals surface area contributed by atoms with Crippen molar-refractivity contribution in [3.8, 4) is 0 Å². The van der Waals surface area contributed by atoms with Crippen molar-refractivity contribution in [2.24, 2.45) is 0 Å². The van der Waals surface area contributed by atoms with Gasteiger partial charge < -0.3 is 4.74 Å². The minimum atomic E-state index is 0.305. The molecule has 2 rings (SSSR count). The standard InChI is InChI=1S/C10H20N2O2/c1-13-7-3-6-12-9-4-2-5-10(12)14-11-8-9/h9-11H,2-8H2,1H3. The molecule has 4 nitrogen and oxygen atoms in total. The summed E-state index contributed by atoms with van der Waals surface area (Å²) in [6.45, 7) is 2.93. The molecule has 0 aromatic heterocycles. The zero-order valence-electron chi connectivity index (χ0n) is 8.87. The van der Waals surface area contributed by atoms with Gasteiger partial charge in [-0.25, -0.2) is 0 Å². The number of fused-ring (bicyclic) bond motifs is 2. The molecule has 0 radical (unpaired) electrons. The molecule has 4 heteroatoms. The monoisotopic (exact) mass is 200 g/mol. The van der Waals surface area contributed by atoms with E-state index < -0.39 is 0 Å². The lowest BCUT2D eigenvalue weighted by atomic mass is 10.00. The maximum absolute atomic E-state index is 5.53. The predicted molar refractivity (Wildman–Crippen MR) is 53.7 cm³/mol. The lowest BCUT2D eigenvalue weighted by molar-refractivity contribution is -0.186. The van der Waals surface area contributed by atoms with Crippen LogP contribution in [0.1, 0.15) is 25.7 Å². The molecule has 1 N–H and O–H groups in total. The van der Waals surface area contributed by atoms with E-state index in [1.54, 1.807) is 7.11 Å². The Morgan fingerprint density at radius 2 is 2.43 bits per heavy atom. The fourth-order valence-corrected chi connectivity index (χ4v) is 2.40. The number of hydroxylamine groups is 1. The number of nitrogens with zero attached hydrogens (tertiary/aromatic N) is 1. The molecule has 2 unspecified atom stereocenters. The summed E-state index contributed by atoms with van der Waals surface area (Å²) in [6.07, 6.45) is 5.18. The van der Waals surface area contributed by atoms with Crippen molar-refractivity contribution in [3.63, 3.8) is 0 Å². The van der Waals surface area contributed by atoms with Crippen molar-refractivity contribution in [2.45, 2.75) is 38.0 Å². The lowest BCUT2D eigenvalue weighted by Crippen LogP contribution is -2.58. The Kier molecular flexibility index (Phi) is 3.75. The van der Waals surface area contributed by atoms with Crippen LogP contribution in [0.2, 0.25) is 0 Å². The van der Waals surface area contributed by atoms with Crippen LogP contribution in [0.4, 0.5) is 0 Å². The highest BCUT2D eigenvalue weighted by Crippen LogP contribution is 2.25. The Morgan fingerprint density at radius 3 is 3.21 bits per heavy atom. The third-order valence-corrected chi connectivity index (χ3v) is 3.13. The maximum Gasteiger partial charge on any atom is 0.132 e. The van der Waals surface area contributed by atoms with Gasteiger partial charge in [-0.3, -0.25) is 9.74 Å². The van der Waals surface area contributed by atoms with Crippen molar-refractivity contribution in [1.29, 1.82) is 0 Å². The molecule has 0 spiro atoms. The van der Waals surface area contributed by atoms with Gasteiger partial charge in [0, 0.05) is 32.8 Å². The first-order valence-electron chi connectivity index (χ1n) is 5.55. The number of rotatable bonds is 4. The van der Waals surface area contributed by atoms with E-state index in [-0.39, 0.29) is 0 Å². The average molecular weight is 200 g/mol. The molecule has 0 saturated carbocycles. The molecule has 0 aromatic carbocycles. The minimum Gasteiger partial charge on any atom is -0.385 e. The number of ether oxygens (including phenoxy) is 1. The van der Waals surface area contributed by atoms with E-state index >= 15 is 0 Å². The number of nitrogens with one attached hydrogen (secondary N) is 1. The summed E-state index contributed by atoms with van der Waals surface area (Å²) < 4.78 is 5.07. The van der Waals surface area contributed by atoms with Crippen molar-refractivity contribution in [1.82, 2.24) is 10.4 Å². The Morgan fingerprint density at radius 1 is 1.50 bits per heavy atom. The van der Waals surface area contributed by atoms with Crippen LogP contribution >= 0.6 is 0 Å². The van der Waals surface area contributed by atoms with Crippen LogP contribution in [0.25, 0.3) is 0 Å². The summed E-state index contributed by atoms with van der Waals surface area (Å²) in [5.74, 6) is 0. The fourth-order valence-electron chi connectivity index (χ4n) is 2.40. The van der Waals surface area contributed by atoms with Crippen LogP contribution in [-0.2, 0) is 9.57 Å². The van der Waals surface area contributed by atoms with Gasteiger partial charge in [0.15, 0.2) is 0 Å². The Balaban J connectivity index is 1.82. The molecule has 2 aliphatic heterocycles. The highest BCUT2D eigenvalue weighted by Gasteiger charge is 2.34. The van der Waals surface area contributed by atoms with E-state index in [2.05, 4.69) is 10.4 Å². The van der Waals surface area contributed by atoms with Gasteiger partial charge in [0.1, 0.15) is 6.23 Å². The van der Waals surface area contributed by atoms with E-state index in [1.165, 1.54) is 12.8 Å². The van der Waals surface area contributed by atoms with E-state index in [9.17, 15) is 0 Å². The summed E-state index contributed by atoms with van der Waals surface area (Å²) in [6, 6.07) is 0.680. The molecule has 2 fully saturated rings. The molecule has 14 heavy (non-hydrogen) atoms. The highest BCUT2D eigenvalue weighted by atomic mass is 16.7. The summed E-state index contributed by atoms with van der Waals surface area (Å²) in [5.41, 5.74) is 3.03. The molecule has 2 saturated heterocycles. The molecule has 2 atom stereocenters. The average Bonchev–Trinajstić information content (AvgIpc) is 2.17. The van der Waals surface area contributed by atoms with Gasteiger partial charge in [-0.05, 0) is 25.7 Å². The number of methoxy groups -OCH3 is 1. The molecule has 2 aliphatic rings. The second-order valence-corrected chi connectivity index (χ2v) is 4.09. The quantitative estimate of drug-likeness (QED) is 0.679. The first kappa shape index (κ1) is 10.4. The molecule has 2 bridgehead atoms. The Hall–Kier alpha value is -0.160. The highest BCUT2D eigenvalue weighted by molar-refractivity contribution is 4.83. The van der Waals surface area contributed by atoms with Crippen LogP contribution < -0.4 is 5.48 Å². The van der Waals surface area contributed by atoms with Crippen molar-refractivity contribution < 1.29 is 9.57 Å². The second kappa shape index (κ2) is 5.07. The van der Waals surface area contributed by atoms with Gasteiger partial charge in [0.05, 0.1) is 0 Å². The van der Waals surface area contributed by atoms with E-state index in [0.29, 0.717) is 12.3 Å². The van der Waals surface area contributed by atoms with Crippen molar-refractivity contribution in [3.05, 3.63) is 0 Å². The zero-order chi connectivity index (χ0) is 9.80. The van der Waals surface area contributed by atoms with E-state index in [1.807, 2.05) is 0 Å². The third kappa shape index (κ3) is 2.25. The number of piperidine rings is 1. The van der Waals surface area contributed by atoms with Gasteiger partial charge >= 0.3 is 0 Å². The molecule has 82 valence electrons. The normalized spacial score (nSPS) is 33.2. The van der Waals surface area contributed by atoms with Gasteiger partial charge in [-0.1, -0.05) is 0 Å². The van der Waals surface area contributed by atoms with Crippen LogP contribution in [-0.4, -0.2) is 44.0 Å². The first-order valence-corrected chi connectivity index (χ1v) is 5.55. The van der Waals surface area contributed by atoms with Crippen LogP contribution in [0, 0.1) is 0 Å². The number of hydrogen-bond donors (Lipinski definition) is 1. The Bertz CT molecular complexity index is 156. The van der Waals surface area contributed by atoms with Crippen LogP contribution in [0.15, 0.2) is 0 Å². The van der Waals surface area contributed by atoms with Crippen molar-refractivity contribution >= 4 is 0 Å². The first-order chi connectivity index (χ1) is 6.92. The zero-order valence-corrected chi connectivity index (χ0v) is 8.87. The smallest absolute Gasteiger partial charge is 0.132 e. The van der Waals surface area contributed by atoms with Crippen LogP contribution in [0.3, 0.4) is 0 Å². The molecule has 0 amide bonds. The topological polar surface area (TPSA) is 33.7 Å². The summed E-state index contributed by atoms with van der Waals surface area (Å²) in [4.78, 5) is 8.01. The second-order valence-electron chi connectivity index (χ2n) is 4.09. The lowest BCUT2D eigenvalue weighted by Gasteiger charge is -2.45. The SMILES string of the molecule is COCCCN1C2CCCC1ONC2. The van der Waals surface area contributed by atoms with Gasteiger partial charge in [0.2, 0.25) is 0 Å². The van der Waals surface area contributed by atoms with Crippen LogP contribution in [0.5, 0.6) is 0 Å². The molecule has 2 heterocycles. The fraction of sp³-hybridized carbons (Fsp3) is 1.00. The third-order valence-electron chi connectivity index (χ3n) is 3.13. The summed E-state index contributed by atoms with van der Waals surface area (Å²) in [7, 11) is 1.76. The minimum absolute atomic E-state index is 0.305. The summed E-state index contributed by atoms with van der Waals surface area (Å²) >= 11 is 0. The van der Waals surface area contributed by atoms with Gasteiger partial charge in [0.25, 0.3) is 0 Å². The predicted octanol–water partition coefficient (Wildman–Crippen LogP) is 0.738. The van der Waals surface area contributed by atoms with Crippen molar-refractivity contribution in [2.75, 3.05) is 26.8 Å². The molecule has 0 aliphatic carbocycles. The largest absolute Gasteiger partial charge is 0.385 e. The maximum atomic E-state index is 5.53. The molecular weight excluding hydrogens is 180 g/mol. The van der Waals surface area contributed by atoms with E-state index in [4.69, 9.17) is 9.57 Å².